The van der Waals surface area contributed by atoms with E-state index in [0.717, 1.165) is 5.69 Å². The summed E-state index contributed by atoms with van der Waals surface area (Å²) in [6, 6.07) is 11.9. The predicted molar refractivity (Wildman–Crippen MR) is 86.0 cm³/mol. The molecule has 0 aromatic heterocycles. The number of rotatable bonds is 4. The Kier molecular flexibility index (Phi) is 4.96. The lowest BCUT2D eigenvalue weighted by atomic mass is 10.1. The van der Waals surface area contributed by atoms with E-state index in [0.29, 0.717) is 15.6 Å². The van der Waals surface area contributed by atoms with Gasteiger partial charge >= 0.3 is 0 Å². The number of halogens is 2. The number of carbonyl (C=O) groups excluding carboxylic acids is 1. The van der Waals surface area contributed by atoms with Crippen LogP contribution in [0.2, 0.25) is 0 Å². The summed E-state index contributed by atoms with van der Waals surface area (Å²) in [5, 5.41) is 5.78. The molecule has 5 heteroatoms. The van der Waals surface area contributed by atoms with Gasteiger partial charge in [0, 0.05) is 28.3 Å². The highest BCUT2D eigenvalue weighted by Crippen LogP contribution is 2.24. The van der Waals surface area contributed by atoms with Gasteiger partial charge in [0.25, 0.3) is 5.91 Å². The molecule has 0 bridgehead atoms. The summed E-state index contributed by atoms with van der Waals surface area (Å²) in [6.45, 7) is 1.89. The molecule has 0 heterocycles. The summed E-state index contributed by atoms with van der Waals surface area (Å²) >= 11 is 3.24. The van der Waals surface area contributed by atoms with Crippen LogP contribution in [0.15, 0.2) is 46.9 Å². The lowest BCUT2D eigenvalue weighted by Crippen LogP contribution is -2.17. The first kappa shape index (κ1) is 15.5. The summed E-state index contributed by atoms with van der Waals surface area (Å²) in [5.74, 6) is -0.389. The molecule has 0 spiro atoms. The average molecular weight is 351 g/mol. The zero-order chi connectivity index (χ0) is 15.4. The van der Waals surface area contributed by atoms with Crippen molar-refractivity contribution in [1.29, 1.82) is 0 Å². The highest BCUT2D eigenvalue weighted by molar-refractivity contribution is 9.10. The Labute approximate surface area is 131 Å². The zero-order valence-electron chi connectivity index (χ0n) is 11.8. The fourth-order valence-corrected chi connectivity index (χ4v) is 2.38. The summed E-state index contributed by atoms with van der Waals surface area (Å²) in [6.07, 6.45) is 0. The number of nitrogens with one attached hydrogen (secondary N) is 2. The normalized spacial score (nSPS) is 11.8. The Bertz CT molecular complexity index is 643. The summed E-state index contributed by atoms with van der Waals surface area (Å²) in [7, 11) is 1.59. The fourth-order valence-electron chi connectivity index (χ4n) is 2.04. The van der Waals surface area contributed by atoms with Gasteiger partial charge in [-0.05, 0) is 43.3 Å². The van der Waals surface area contributed by atoms with Crippen molar-refractivity contribution in [3.8, 4) is 0 Å². The molecule has 2 rings (SSSR count). The molecule has 1 atom stereocenters. The quantitative estimate of drug-likeness (QED) is 0.870. The van der Waals surface area contributed by atoms with Gasteiger partial charge < -0.3 is 10.6 Å². The van der Waals surface area contributed by atoms with Gasteiger partial charge in [0.2, 0.25) is 0 Å². The molecule has 110 valence electrons. The SMILES string of the molecule is CNC(=O)c1ccc(NC(C)c2ccc(Br)cc2F)cc1. The van der Waals surface area contributed by atoms with Crippen LogP contribution >= 0.6 is 15.9 Å². The minimum absolute atomic E-state index is 0.131. The molecular weight excluding hydrogens is 335 g/mol. The van der Waals surface area contributed by atoms with Crippen LogP contribution in [0.5, 0.6) is 0 Å². The Morgan fingerprint density at radius 3 is 2.43 bits per heavy atom. The molecule has 2 aromatic carbocycles. The summed E-state index contributed by atoms with van der Waals surface area (Å²) in [5.41, 5.74) is 2.01. The summed E-state index contributed by atoms with van der Waals surface area (Å²) in [4.78, 5) is 11.5. The van der Waals surface area contributed by atoms with E-state index in [1.54, 1.807) is 37.4 Å². The van der Waals surface area contributed by atoms with E-state index in [-0.39, 0.29) is 17.8 Å². The first-order chi connectivity index (χ1) is 10.0. The molecule has 1 amide bonds. The molecule has 21 heavy (non-hydrogen) atoms. The third-order valence-corrected chi connectivity index (χ3v) is 3.68. The average Bonchev–Trinajstić information content (AvgIpc) is 2.47. The number of anilines is 1. The lowest BCUT2D eigenvalue weighted by molar-refractivity contribution is 0.0963. The molecule has 1 unspecified atom stereocenters. The van der Waals surface area contributed by atoms with Crippen molar-refractivity contribution < 1.29 is 9.18 Å². The number of amides is 1. The van der Waals surface area contributed by atoms with Crippen molar-refractivity contribution in [3.05, 3.63) is 63.9 Å². The van der Waals surface area contributed by atoms with Crippen LogP contribution in [0, 0.1) is 5.82 Å². The van der Waals surface area contributed by atoms with Crippen molar-refractivity contribution in [2.75, 3.05) is 12.4 Å². The molecule has 0 fully saturated rings. The van der Waals surface area contributed by atoms with Crippen LogP contribution in [-0.4, -0.2) is 13.0 Å². The van der Waals surface area contributed by atoms with Gasteiger partial charge in [-0.2, -0.15) is 0 Å². The molecule has 0 aliphatic carbocycles. The van der Waals surface area contributed by atoms with Crippen LogP contribution in [0.25, 0.3) is 0 Å². The second-order valence-corrected chi connectivity index (χ2v) is 5.60. The number of carbonyl (C=O) groups is 1. The molecular formula is C16H16BrFN2O. The molecule has 0 saturated heterocycles. The largest absolute Gasteiger partial charge is 0.378 e. The van der Waals surface area contributed by atoms with E-state index >= 15 is 0 Å². The second kappa shape index (κ2) is 6.72. The molecule has 0 saturated carbocycles. The smallest absolute Gasteiger partial charge is 0.251 e. The monoisotopic (exact) mass is 350 g/mol. The van der Waals surface area contributed by atoms with Gasteiger partial charge in [0.05, 0.1) is 6.04 Å². The van der Waals surface area contributed by atoms with E-state index < -0.39 is 0 Å². The number of hydrogen-bond acceptors (Lipinski definition) is 2. The lowest BCUT2D eigenvalue weighted by Gasteiger charge is -2.17. The third kappa shape index (κ3) is 3.82. The second-order valence-electron chi connectivity index (χ2n) is 4.69. The molecule has 2 aromatic rings. The topological polar surface area (TPSA) is 41.1 Å². The minimum atomic E-state index is -0.258. The number of hydrogen-bond donors (Lipinski definition) is 2. The van der Waals surface area contributed by atoms with Crippen LogP contribution in [0.4, 0.5) is 10.1 Å². The first-order valence-electron chi connectivity index (χ1n) is 6.55. The number of benzene rings is 2. The Morgan fingerprint density at radius 2 is 1.86 bits per heavy atom. The maximum atomic E-state index is 13.9. The Hall–Kier alpha value is -1.88. The van der Waals surface area contributed by atoms with Gasteiger partial charge in [0.15, 0.2) is 0 Å². The van der Waals surface area contributed by atoms with Crippen molar-refractivity contribution in [2.45, 2.75) is 13.0 Å². The van der Waals surface area contributed by atoms with E-state index in [1.807, 2.05) is 13.0 Å². The first-order valence-corrected chi connectivity index (χ1v) is 7.34. The van der Waals surface area contributed by atoms with Crippen LogP contribution in [0.3, 0.4) is 0 Å². The van der Waals surface area contributed by atoms with Gasteiger partial charge in [-0.3, -0.25) is 4.79 Å². The predicted octanol–water partition coefficient (Wildman–Crippen LogP) is 4.12. The van der Waals surface area contributed by atoms with E-state index in [4.69, 9.17) is 0 Å². The van der Waals surface area contributed by atoms with Gasteiger partial charge in [0.1, 0.15) is 5.82 Å². The van der Waals surface area contributed by atoms with E-state index in [2.05, 4.69) is 26.6 Å². The summed E-state index contributed by atoms with van der Waals surface area (Å²) < 4.78 is 14.6. The van der Waals surface area contributed by atoms with Crippen LogP contribution < -0.4 is 10.6 Å². The van der Waals surface area contributed by atoms with Gasteiger partial charge in [-0.1, -0.05) is 22.0 Å². The highest BCUT2D eigenvalue weighted by atomic mass is 79.9. The Morgan fingerprint density at radius 1 is 1.19 bits per heavy atom. The zero-order valence-corrected chi connectivity index (χ0v) is 13.4. The van der Waals surface area contributed by atoms with E-state index in [1.165, 1.54) is 6.07 Å². The highest BCUT2D eigenvalue weighted by Gasteiger charge is 2.11. The minimum Gasteiger partial charge on any atom is -0.378 e. The molecule has 0 radical (unpaired) electrons. The van der Waals surface area contributed by atoms with Crippen molar-refractivity contribution in [3.63, 3.8) is 0 Å². The molecule has 3 nitrogen and oxygen atoms in total. The Balaban J connectivity index is 2.12. The van der Waals surface area contributed by atoms with E-state index in [9.17, 15) is 9.18 Å². The standard InChI is InChI=1S/C16H16BrFN2O/c1-10(14-8-5-12(17)9-15(14)18)20-13-6-3-11(4-7-13)16(21)19-2/h3-10,20H,1-2H3,(H,19,21). The molecule has 0 aliphatic rings. The van der Waals surface area contributed by atoms with Crippen molar-refractivity contribution >= 4 is 27.5 Å². The molecule has 0 aliphatic heterocycles. The third-order valence-electron chi connectivity index (χ3n) is 3.19. The maximum Gasteiger partial charge on any atom is 0.251 e. The van der Waals surface area contributed by atoms with Crippen LogP contribution in [-0.2, 0) is 0 Å². The van der Waals surface area contributed by atoms with Crippen molar-refractivity contribution in [1.82, 2.24) is 5.32 Å². The maximum absolute atomic E-state index is 13.9. The molecule has 2 N–H and O–H groups in total. The van der Waals surface area contributed by atoms with Crippen LogP contribution in [0.1, 0.15) is 28.9 Å². The van der Waals surface area contributed by atoms with Gasteiger partial charge in [-0.15, -0.1) is 0 Å². The van der Waals surface area contributed by atoms with Crippen molar-refractivity contribution in [2.24, 2.45) is 0 Å². The van der Waals surface area contributed by atoms with Gasteiger partial charge in [-0.25, -0.2) is 4.39 Å². The fraction of sp³-hybridized carbons (Fsp3) is 0.188.